The quantitative estimate of drug-likeness (QED) is 0.781. The van der Waals surface area contributed by atoms with Gasteiger partial charge in [-0.2, -0.15) is 0 Å². The molecule has 3 rings (SSSR count). The van der Waals surface area contributed by atoms with E-state index in [2.05, 4.69) is 20.9 Å². The first-order valence-corrected chi connectivity index (χ1v) is 9.37. The molecule has 0 aromatic carbocycles. The van der Waals surface area contributed by atoms with Crippen molar-refractivity contribution in [2.75, 3.05) is 19.7 Å². The number of thiophene rings is 1. The smallest absolute Gasteiger partial charge is 0.263 e. The van der Waals surface area contributed by atoms with Crippen LogP contribution in [-0.4, -0.2) is 35.5 Å². The van der Waals surface area contributed by atoms with Gasteiger partial charge in [0.05, 0.1) is 11.5 Å². The van der Waals surface area contributed by atoms with Gasteiger partial charge in [-0.15, -0.1) is 11.3 Å². The molecule has 0 bridgehead atoms. The van der Waals surface area contributed by atoms with Gasteiger partial charge in [0, 0.05) is 40.9 Å². The van der Waals surface area contributed by atoms with E-state index < -0.39 is 0 Å². The Hall–Kier alpha value is -1.40. The molecule has 1 saturated heterocycles. The molecule has 0 aliphatic carbocycles. The molecule has 1 fully saturated rings. The van der Waals surface area contributed by atoms with Gasteiger partial charge in [0.1, 0.15) is 5.75 Å². The summed E-state index contributed by atoms with van der Waals surface area (Å²) in [5, 5.41) is 1.95. The number of aryl methyl sites for hydroxylation is 1. The number of piperidine rings is 1. The van der Waals surface area contributed by atoms with Crippen LogP contribution in [0, 0.1) is 12.8 Å². The fraction of sp³-hybridized carbons (Fsp3) is 0.412. The summed E-state index contributed by atoms with van der Waals surface area (Å²) in [6, 6.07) is 3.80. The molecule has 1 aliphatic rings. The molecule has 2 aromatic heterocycles. The van der Waals surface area contributed by atoms with Gasteiger partial charge in [-0.05, 0) is 53.7 Å². The molecule has 0 spiro atoms. The average Bonchev–Trinajstić information content (AvgIpc) is 3.00. The highest BCUT2D eigenvalue weighted by atomic mass is 79.9. The fourth-order valence-corrected chi connectivity index (χ4v) is 4.11. The Labute approximate surface area is 148 Å². The number of likely N-dealkylation sites (tertiary alicyclic amines) is 1. The molecule has 23 heavy (non-hydrogen) atoms. The fourth-order valence-electron chi connectivity index (χ4n) is 2.71. The van der Waals surface area contributed by atoms with Gasteiger partial charge in [-0.1, -0.05) is 0 Å². The van der Waals surface area contributed by atoms with Crippen LogP contribution in [-0.2, 0) is 0 Å². The third kappa shape index (κ3) is 4.12. The van der Waals surface area contributed by atoms with E-state index in [4.69, 9.17) is 4.74 Å². The lowest BCUT2D eigenvalue weighted by Crippen LogP contribution is -2.39. The van der Waals surface area contributed by atoms with Crippen LogP contribution in [0.4, 0.5) is 0 Å². The number of ether oxygens (including phenoxy) is 1. The number of carbonyl (C=O) groups is 1. The summed E-state index contributed by atoms with van der Waals surface area (Å²) in [5.41, 5.74) is 1.06. The van der Waals surface area contributed by atoms with Crippen molar-refractivity contribution in [3.8, 4) is 5.75 Å². The lowest BCUT2D eigenvalue weighted by atomic mass is 9.97. The lowest BCUT2D eigenvalue weighted by Gasteiger charge is -2.31. The van der Waals surface area contributed by atoms with Crippen molar-refractivity contribution in [2.45, 2.75) is 19.8 Å². The number of nitrogens with zero attached hydrogens (tertiary/aromatic N) is 2. The number of carbonyl (C=O) groups excluding carboxylic acids is 1. The molecule has 1 amide bonds. The third-order valence-corrected chi connectivity index (χ3v) is 5.80. The van der Waals surface area contributed by atoms with Crippen LogP contribution >= 0.6 is 27.3 Å². The Morgan fingerprint density at radius 1 is 1.48 bits per heavy atom. The molecule has 4 nitrogen and oxygen atoms in total. The van der Waals surface area contributed by atoms with E-state index in [1.165, 1.54) is 11.3 Å². The minimum absolute atomic E-state index is 0.144. The summed E-state index contributed by atoms with van der Waals surface area (Å²) in [6.45, 7) is 4.32. The number of aromatic nitrogens is 1. The SMILES string of the molecule is Cc1cnccc1OCC1CCN(C(=O)c2cc(Br)cs2)CC1. The molecule has 3 heterocycles. The highest BCUT2D eigenvalue weighted by molar-refractivity contribution is 9.10. The Morgan fingerprint density at radius 2 is 2.26 bits per heavy atom. The minimum Gasteiger partial charge on any atom is -0.493 e. The monoisotopic (exact) mass is 394 g/mol. The predicted octanol–water partition coefficient (Wildman–Crippen LogP) is 4.15. The highest BCUT2D eigenvalue weighted by Crippen LogP contribution is 2.25. The first-order valence-electron chi connectivity index (χ1n) is 7.70. The molecule has 2 aromatic rings. The largest absolute Gasteiger partial charge is 0.493 e. The topological polar surface area (TPSA) is 42.4 Å². The maximum Gasteiger partial charge on any atom is 0.263 e. The van der Waals surface area contributed by atoms with Crippen LogP contribution < -0.4 is 4.74 Å². The van der Waals surface area contributed by atoms with Crippen molar-refractivity contribution in [3.63, 3.8) is 0 Å². The van der Waals surface area contributed by atoms with Gasteiger partial charge < -0.3 is 9.64 Å². The van der Waals surface area contributed by atoms with Crippen LogP contribution in [0.2, 0.25) is 0 Å². The van der Waals surface area contributed by atoms with Gasteiger partial charge in [-0.3, -0.25) is 9.78 Å². The Balaban J connectivity index is 1.49. The summed E-state index contributed by atoms with van der Waals surface area (Å²) in [6.07, 6.45) is 5.54. The molecule has 6 heteroatoms. The summed E-state index contributed by atoms with van der Waals surface area (Å²) in [4.78, 5) is 19.2. The second kappa shape index (κ2) is 7.45. The molecule has 0 saturated carbocycles. The van der Waals surface area contributed by atoms with Crippen LogP contribution in [0.5, 0.6) is 5.75 Å². The molecular formula is C17H19BrN2O2S. The number of amides is 1. The number of pyridine rings is 1. The molecule has 1 aliphatic heterocycles. The van der Waals surface area contributed by atoms with E-state index >= 15 is 0 Å². The van der Waals surface area contributed by atoms with Gasteiger partial charge in [0.25, 0.3) is 5.91 Å². The maximum atomic E-state index is 12.4. The van der Waals surface area contributed by atoms with E-state index in [9.17, 15) is 4.79 Å². The number of rotatable bonds is 4. The van der Waals surface area contributed by atoms with Gasteiger partial charge in [0.2, 0.25) is 0 Å². The minimum atomic E-state index is 0.144. The van der Waals surface area contributed by atoms with Crippen LogP contribution in [0.15, 0.2) is 34.4 Å². The van der Waals surface area contributed by atoms with Gasteiger partial charge >= 0.3 is 0 Å². The van der Waals surface area contributed by atoms with Gasteiger partial charge in [-0.25, -0.2) is 0 Å². The Kier molecular flexibility index (Phi) is 5.33. The second-order valence-corrected chi connectivity index (χ2v) is 7.64. The lowest BCUT2D eigenvalue weighted by molar-refractivity contribution is 0.0665. The first kappa shape index (κ1) is 16.5. The molecule has 0 unspecified atom stereocenters. The van der Waals surface area contributed by atoms with E-state index in [1.807, 2.05) is 35.5 Å². The van der Waals surface area contributed by atoms with E-state index in [1.54, 1.807) is 6.20 Å². The van der Waals surface area contributed by atoms with E-state index in [0.29, 0.717) is 12.5 Å². The number of hydrogen-bond donors (Lipinski definition) is 0. The number of hydrogen-bond acceptors (Lipinski definition) is 4. The predicted molar refractivity (Wildman–Crippen MR) is 95.1 cm³/mol. The van der Waals surface area contributed by atoms with Crippen molar-refractivity contribution >= 4 is 33.2 Å². The van der Waals surface area contributed by atoms with Crippen LogP contribution in [0.3, 0.4) is 0 Å². The third-order valence-electron chi connectivity index (χ3n) is 4.12. The number of halogens is 1. The summed E-state index contributed by atoms with van der Waals surface area (Å²) < 4.78 is 6.89. The standard InChI is InChI=1S/C17H19BrN2O2S/c1-12-9-19-5-2-15(12)22-10-13-3-6-20(7-4-13)17(21)16-8-14(18)11-23-16/h2,5,8-9,11,13H,3-4,6-7,10H2,1H3. The summed E-state index contributed by atoms with van der Waals surface area (Å²) >= 11 is 4.89. The molecule has 0 N–H and O–H groups in total. The molecule has 0 atom stereocenters. The van der Waals surface area contributed by atoms with Crippen molar-refractivity contribution < 1.29 is 9.53 Å². The first-order chi connectivity index (χ1) is 11.1. The molecular weight excluding hydrogens is 376 g/mol. The molecule has 0 radical (unpaired) electrons. The zero-order chi connectivity index (χ0) is 16.2. The maximum absolute atomic E-state index is 12.4. The van der Waals surface area contributed by atoms with Crippen molar-refractivity contribution in [1.29, 1.82) is 0 Å². The van der Waals surface area contributed by atoms with Crippen LogP contribution in [0.25, 0.3) is 0 Å². The summed E-state index contributed by atoms with van der Waals surface area (Å²) in [7, 11) is 0. The Morgan fingerprint density at radius 3 is 2.91 bits per heavy atom. The molecule has 122 valence electrons. The zero-order valence-corrected chi connectivity index (χ0v) is 15.4. The van der Waals surface area contributed by atoms with E-state index in [0.717, 1.165) is 46.6 Å². The van der Waals surface area contributed by atoms with Gasteiger partial charge in [0.15, 0.2) is 0 Å². The van der Waals surface area contributed by atoms with Crippen molar-refractivity contribution in [2.24, 2.45) is 5.92 Å². The van der Waals surface area contributed by atoms with Crippen molar-refractivity contribution in [1.82, 2.24) is 9.88 Å². The Bertz CT molecular complexity index is 681. The van der Waals surface area contributed by atoms with Crippen molar-refractivity contribution in [3.05, 3.63) is 44.8 Å². The zero-order valence-electron chi connectivity index (χ0n) is 13.0. The normalized spacial score (nSPS) is 15.7. The highest BCUT2D eigenvalue weighted by Gasteiger charge is 2.24. The second-order valence-electron chi connectivity index (χ2n) is 5.82. The van der Waals surface area contributed by atoms with E-state index in [-0.39, 0.29) is 5.91 Å². The summed E-state index contributed by atoms with van der Waals surface area (Å²) in [5.74, 6) is 1.55. The average molecular weight is 395 g/mol. The van der Waals surface area contributed by atoms with Crippen LogP contribution in [0.1, 0.15) is 28.1 Å².